The number of halogens is 3. The third-order valence-corrected chi connectivity index (χ3v) is 6.82. The molecule has 0 saturated carbocycles. The maximum atomic E-state index is 13.4. The van der Waals surface area contributed by atoms with E-state index < -0.39 is 34.3 Å². The Morgan fingerprint density at radius 2 is 1.73 bits per heavy atom. The molecule has 0 aliphatic carbocycles. The molecular weight excluding hydrogens is 492 g/mol. The molecule has 2 aromatic rings. The van der Waals surface area contributed by atoms with Crippen LogP contribution in [0.5, 0.6) is 0 Å². The van der Waals surface area contributed by atoms with Crippen molar-refractivity contribution in [1.29, 1.82) is 0 Å². The van der Waals surface area contributed by atoms with E-state index in [9.17, 15) is 22.4 Å². The molecule has 0 radical (unpaired) electrons. The highest BCUT2D eigenvalue weighted by molar-refractivity contribution is 7.92. The van der Waals surface area contributed by atoms with Gasteiger partial charge in [-0.25, -0.2) is 12.8 Å². The van der Waals surface area contributed by atoms with Crippen molar-refractivity contribution < 1.29 is 22.4 Å². The number of sulfonamides is 1. The topological polar surface area (TPSA) is 86.8 Å². The van der Waals surface area contributed by atoms with E-state index in [1.165, 1.54) is 47.4 Å². The maximum absolute atomic E-state index is 13.4. The number of carbonyl (C=O) groups excluding carboxylic acids is 2. The summed E-state index contributed by atoms with van der Waals surface area (Å²) in [7, 11) is -3.93. The van der Waals surface area contributed by atoms with Gasteiger partial charge in [-0.05, 0) is 43.2 Å². The van der Waals surface area contributed by atoms with E-state index in [1.807, 2.05) is 0 Å². The van der Waals surface area contributed by atoms with E-state index in [2.05, 4.69) is 5.32 Å². The van der Waals surface area contributed by atoms with Crippen molar-refractivity contribution in [3.8, 4) is 0 Å². The minimum absolute atomic E-state index is 0.0155. The normalized spacial score (nSPS) is 12.2. The first-order valence-electron chi connectivity index (χ1n) is 10.2. The van der Waals surface area contributed by atoms with E-state index in [1.54, 1.807) is 13.8 Å². The Kier molecular flexibility index (Phi) is 9.51. The fourth-order valence-electron chi connectivity index (χ4n) is 3.28. The molecule has 1 unspecified atom stereocenters. The van der Waals surface area contributed by atoms with Crippen LogP contribution < -0.4 is 9.62 Å². The first kappa shape index (κ1) is 26.9. The molecule has 0 fully saturated rings. The van der Waals surface area contributed by atoms with Crippen molar-refractivity contribution in [3.63, 3.8) is 0 Å². The highest BCUT2D eigenvalue weighted by atomic mass is 35.5. The monoisotopic (exact) mass is 517 g/mol. The average molecular weight is 518 g/mol. The molecule has 2 aromatic carbocycles. The summed E-state index contributed by atoms with van der Waals surface area (Å²) in [5.41, 5.74) is 0.631. The van der Waals surface area contributed by atoms with Crippen LogP contribution in [-0.4, -0.2) is 50.5 Å². The van der Waals surface area contributed by atoms with Crippen LogP contribution in [0.15, 0.2) is 42.5 Å². The quantitative estimate of drug-likeness (QED) is 0.518. The Balaban J connectivity index is 2.47. The third kappa shape index (κ3) is 7.06. The van der Waals surface area contributed by atoms with Crippen LogP contribution in [-0.2, 0) is 26.2 Å². The molecule has 11 heteroatoms. The van der Waals surface area contributed by atoms with Crippen LogP contribution in [0.4, 0.5) is 10.1 Å². The van der Waals surface area contributed by atoms with Crippen LogP contribution in [0, 0.1) is 5.82 Å². The largest absolute Gasteiger partial charge is 0.355 e. The number of amides is 2. The molecule has 33 heavy (non-hydrogen) atoms. The lowest BCUT2D eigenvalue weighted by atomic mass is 10.1. The van der Waals surface area contributed by atoms with E-state index in [-0.39, 0.29) is 34.6 Å². The molecule has 0 bridgehead atoms. The van der Waals surface area contributed by atoms with Gasteiger partial charge in [-0.1, -0.05) is 48.3 Å². The van der Waals surface area contributed by atoms with Crippen molar-refractivity contribution >= 4 is 50.7 Å². The summed E-state index contributed by atoms with van der Waals surface area (Å²) >= 11 is 12.3. The summed E-state index contributed by atoms with van der Waals surface area (Å²) in [5, 5.41) is 2.81. The van der Waals surface area contributed by atoms with Gasteiger partial charge in [0, 0.05) is 13.1 Å². The summed E-state index contributed by atoms with van der Waals surface area (Å²) in [6, 6.07) is 9.10. The van der Waals surface area contributed by atoms with E-state index in [4.69, 9.17) is 23.2 Å². The highest BCUT2D eigenvalue weighted by Crippen LogP contribution is 2.33. The summed E-state index contributed by atoms with van der Waals surface area (Å²) < 4.78 is 39.3. The van der Waals surface area contributed by atoms with Gasteiger partial charge in [-0.2, -0.15) is 0 Å². The second-order valence-corrected chi connectivity index (χ2v) is 10.0. The standard InChI is InChI=1S/C22H26Cl2FN3O4S/c1-4-18(22(30)26-5-2)27(13-15-9-11-16(25)12-10-15)20(29)14-28(33(3,31)32)19-8-6-7-17(23)21(19)24/h6-12,18H,4-5,13-14H2,1-3H3,(H,26,30). The Bertz CT molecular complexity index is 1100. The van der Waals surface area contributed by atoms with Crippen molar-refractivity contribution in [2.45, 2.75) is 32.9 Å². The summed E-state index contributed by atoms with van der Waals surface area (Å²) in [5.74, 6) is -1.44. The van der Waals surface area contributed by atoms with E-state index in [0.717, 1.165) is 10.6 Å². The van der Waals surface area contributed by atoms with Crippen LogP contribution in [0.1, 0.15) is 25.8 Å². The number of nitrogens with zero attached hydrogens (tertiary/aromatic N) is 2. The summed E-state index contributed by atoms with van der Waals surface area (Å²) in [4.78, 5) is 27.4. The van der Waals surface area contributed by atoms with E-state index >= 15 is 0 Å². The van der Waals surface area contributed by atoms with Crippen LogP contribution >= 0.6 is 23.2 Å². The molecule has 180 valence electrons. The molecule has 1 N–H and O–H groups in total. The molecule has 0 aliphatic heterocycles. The van der Waals surface area contributed by atoms with Gasteiger partial charge in [0.05, 0.1) is 22.0 Å². The zero-order valence-electron chi connectivity index (χ0n) is 18.5. The molecule has 7 nitrogen and oxygen atoms in total. The molecule has 0 saturated heterocycles. The van der Waals surface area contributed by atoms with Crippen molar-refractivity contribution in [3.05, 3.63) is 63.9 Å². The van der Waals surface area contributed by atoms with Gasteiger partial charge in [0.1, 0.15) is 18.4 Å². The highest BCUT2D eigenvalue weighted by Gasteiger charge is 2.32. The Hall–Kier alpha value is -2.36. The zero-order chi connectivity index (χ0) is 24.8. The zero-order valence-corrected chi connectivity index (χ0v) is 20.8. The number of hydrogen-bond donors (Lipinski definition) is 1. The predicted octanol–water partition coefficient (Wildman–Crippen LogP) is 3.84. The first-order valence-corrected chi connectivity index (χ1v) is 12.8. The SMILES string of the molecule is CCNC(=O)C(CC)N(Cc1ccc(F)cc1)C(=O)CN(c1cccc(Cl)c1Cl)S(C)(=O)=O. The summed E-state index contributed by atoms with van der Waals surface area (Å²) in [6.07, 6.45) is 1.23. The molecular formula is C22H26Cl2FN3O4S. The molecule has 2 rings (SSSR count). The average Bonchev–Trinajstić information content (AvgIpc) is 2.75. The van der Waals surface area contributed by atoms with Crippen LogP contribution in [0.2, 0.25) is 10.0 Å². The van der Waals surface area contributed by atoms with Crippen LogP contribution in [0.25, 0.3) is 0 Å². The Morgan fingerprint density at radius 1 is 1.09 bits per heavy atom. The lowest BCUT2D eigenvalue weighted by Gasteiger charge is -2.33. The lowest BCUT2D eigenvalue weighted by molar-refractivity contribution is -0.140. The number of anilines is 1. The minimum atomic E-state index is -3.93. The smallest absolute Gasteiger partial charge is 0.244 e. The minimum Gasteiger partial charge on any atom is -0.355 e. The number of hydrogen-bond acceptors (Lipinski definition) is 4. The molecule has 0 aromatic heterocycles. The van der Waals surface area contributed by atoms with Crippen molar-refractivity contribution in [2.75, 3.05) is 23.7 Å². The van der Waals surface area contributed by atoms with Gasteiger partial charge in [-0.15, -0.1) is 0 Å². The van der Waals surface area contributed by atoms with Gasteiger partial charge < -0.3 is 10.2 Å². The molecule has 1 atom stereocenters. The van der Waals surface area contributed by atoms with Crippen molar-refractivity contribution in [2.24, 2.45) is 0 Å². The third-order valence-electron chi connectivity index (χ3n) is 4.88. The van der Waals surface area contributed by atoms with E-state index in [0.29, 0.717) is 12.1 Å². The Morgan fingerprint density at radius 3 is 2.27 bits per heavy atom. The Labute approximate surface area is 203 Å². The maximum Gasteiger partial charge on any atom is 0.244 e. The molecule has 0 heterocycles. The summed E-state index contributed by atoms with van der Waals surface area (Å²) in [6.45, 7) is 3.24. The van der Waals surface area contributed by atoms with Crippen LogP contribution in [0.3, 0.4) is 0 Å². The number of rotatable bonds is 10. The predicted molar refractivity (Wildman–Crippen MR) is 128 cm³/mol. The first-order chi connectivity index (χ1) is 15.5. The molecule has 0 spiro atoms. The number of carbonyl (C=O) groups is 2. The van der Waals surface area contributed by atoms with Gasteiger partial charge in [-0.3, -0.25) is 13.9 Å². The number of nitrogens with one attached hydrogen (secondary N) is 1. The van der Waals surface area contributed by atoms with Gasteiger partial charge in [0.15, 0.2) is 0 Å². The van der Waals surface area contributed by atoms with Gasteiger partial charge in [0.25, 0.3) is 0 Å². The fourth-order valence-corrected chi connectivity index (χ4v) is 4.58. The second-order valence-electron chi connectivity index (χ2n) is 7.31. The fraction of sp³-hybridized carbons (Fsp3) is 0.364. The lowest BCUT2D eigenvalue weighted by Crippen LogP contribution is -2.52. The molecule has 0 aliphatic rings. The molecule has 2 amide bonds. The van der Waals surface area contributed by atoms with Crippen molar-refractivity contribution in [1.82, 2.24) is 10.2 Å². The second kappa shape index (κ2) is 11.7. The number of likely N-dealkylation sites (N-methyl/N-ethyl adjacent to an activating group) is 1. The number of benzene rings is 2. The van der Waals surface area contributed by atoms with Gasteiger partial charge >= 0.3 is 0 Å². The van der Waals surface area contributed by atoms with Gasteiger partial charge in [0.2, 0.25) is 21.8 Å².